The number of nitrogens with one attached hydrogen (secondary N) is 1. The quantitative estimate of drug-likeness (QED) is 0.842. The minimum Gasteiger partial charge on any atom is -0.379 e. The number of rotatable bonds is 3. The van der Waals surface area contributed by atoms with Crippen molar-refractivity contribution in [1.29, 1.82) is 0 Å². The van der Waals surface area contributed by atoms with E-state index in [1.165, 1.54) is 18.3 Å². The highest BCUT2D eigenvalue weighted by atomic mass is 35.5. The van der Waals surface area contributed by atoms with Crippen LogP contribution in [0.3, 0.4) is 0 Å². The molecule has 0 bridgehead atoms. The van der Waals surface area contributed by atoms with Gasteiger partial charge in [-0.3, -0.25) is 0 Å². The molecule has 0 aliphatic carbocycles. The number of sulfonamides is 1. The second-order valence-corrected chi connectivity index (χ2v) is 6.36. The summed E-state index contributed by atoms with van der Waals surface area (Å²) < 4.78 is 31.9. The fourth-order valence-electron chi connectivity index (χ4n) is 1.65. The molecule has 1 aliphatic heterocycles. The molecule has 1 unspecified atom stereocenters. The molecule has 1 aliphatic rings. The standard InChI is InChI=1S/C10H13ClN2O3S/c1-10(4-5-16-7-10)13-17(14,15)8-2-3-9(11)12-6-8/h2-3,6,13H,4-5,7H2,1H3. The minimum atomic E-state index is -3.57. The van der Waals surface area contributed by atoms with Gasteiger partial charge in [-0.2, -0.15) is 0 Å². The third kappa shape index (κ3) is 2.95. The largest absolute Gasteiger partial charge is 0.379 e. The molecule has 1 saturated heterocycles. The van der Waals surface area contributed by atoms with E-state index >= 15 is 0 Å². The summed E-state index contributed by atoms with van der Waals surface area (Å²) in [5.41, 5.74) is -0.543. The summed E-state index contributed by atoms with van der Waals surface area (Å²) in [4.78, 5) is 3.86. The lowest BCUT2D eigenvalue weighted by molar-refractivity contribution is 0.178. The van der Waals surface area contributed by atoms with Gasteiger partial charge in [0, 0.05) is 12.8 Å². The molecule has 1 aromatic heterocycles. The number of ether oxygens (including phenoxy) is 1. The fraction of sp³-hybridized carbons (Fsp3) is 0.500. The Balaban J connectivity index is 2.22. The average molecular weight is 277 g/mol. The van der Waals surface area contributed by atoms with Crippen LogP contribution in [-0.2, 0) is 14.8 Å². The predicted molar refractivity (Wildman–Crippen MR) is 63.4 cm³/mol. The van der Waals surface area contributed by atoms with Crippen LogP contribution in [0.25, 0.3) is 0 Å². The molecule has 1 N–H and O–H groups in total. The molecule has 5 nitrogen and oxygen atoms in total. The van der Waals surface area contributed by atoms with Gasteiger partial charge in [0.15, 0.2) is 0 Å². The van der Waals surface area contributed by atoms with E-state index in [0.717, 1.165) is 0 Å². The summed E-state index contributed by atoms with van der Waals surface area (Å²) in [5.74, 6) is 0. The third-order valence-electron chi connectivity index (χ3n) is 2.61. The highest BCUT2D eigenvalue weighted by Gasteiger charge is 2.34. The maximum absolute atomic E-state index is 12.1. The lowest BCUT2D eigenvalue weighted by Crippen LogP contribution is -2.46. The van der Waals surface area contributed by atoms with Gasteiger partial charge >= 0.3 is 0 Å². The van der Waals surface area contributed by atoms with E-state index in [-0.39, 0.29) is 10.0 Å². The summed E-state index contributed by atoms with van der Waals surface area (Å²) >= 11 is 5.61. The van der Waals surface area contributed by atoms with E-state index in [1.807, 2.05) is 6.92 Å². The Bertz CT molecular complexity index is 495. The van der Waals surface area contributed by atoms with Crippen molar-refractivity contribution in [2.24, 2.45) is 0 Å². The maximum atomic E-state index is 12.1. The molecule has 1 atom stereocenters. The smallest absolute Gasteiger partial charge is 0.242 e. The first kappa shape index (κ1) is 12.8. The van der Waals surface area contributed by atoms with Crippen LogP contribution in [0.1, 0.15) is 13.3 Å². The van der Waals surface area contributed by atoms with Crippen LogP contribution < -0.4 is 4.72 Å². The third-order valence-corrected chi connectivity index (χ3v) is 4.46. The van der Waals surface area contributed by atoms with Crippen molar-refractivity contribution < 1.29 is 13.2 Å². The van der Waals surface area contributed by atoms with Crippen molar-refractivity contribution in [3.8, 4) is 0 Å². The molecule has 0 radical (unpaired) electrons. The Labute approximate surface area is 105 Å². The van der Waals surface area contributed by atoms with Gasteiger partial charge in [-0.1, -0.05) is 11.6 Å². The number of aromatic nitrogens is 1. The van der Waals surface area contributed by atoms with Gasteiger partial charge in [0.2, 0.25) is 10.0 Å². The van der Waals surface area contributed by atoms with E-state index in [4.69, 9.17) is 16.3 Å². The van der Waals surface area contributed by atoms with Gasteiger partial charge in [-0.15, -0.1) is 0 Å². The average Bonchev–Trinajstić information content (AvgIpc) is 2.64. The number of hydrogen-bond acceptors (Lipinski definition) is 4. The van der Waals surface area contributed by atoms with Crippen LogP contribution in [0.5, 0.6) is 0 Å². The molecule has 0 spiro atoms. The second-order valence-electron chi connectivity index (χ2n) is 4.29. The Morgan fingerprint density at radius 1 is 1.53 bits per heavy atom. The van der Waals surface area contributed by atoms with E-state index in [2.05, 4.69) is 9.71 Å². The summed E-state index contributed by atoms with van der Waals surface area (Å²) in [5, 5.41) is 0.263. The molecule has 2 heterocycles. The van der Waals surface area contributed by atoms with Gasteiger partial charge in [0.25, 0.3) is 0 Å². The van der Waals surface area contributed by atoms with Crippen LogP contribution in [0.15, 0.2) is 23.2 Å². The molecule has 0 aromatic carbocycles. The van der Waals surface area contributed by atoms with Crippen molar-refractivity contribution in [3.05, 3.63) is 23.5 Å². The monoisotopic (exact) mass is 276 g/mol. The first-order valence-electron chi connectivity index (χ1n) is 5.15. The summed E-state index contributed by atoms with van der Waals surface area (Å²) in [6.45, 7) is 2.77. The van der Waals surface area contributed by atoms with Crippen molar-refractivity contribution in [3.63, 3.8) is 0 Å². The Morgan fingerprint density at radius 3 is 2.82 bits per heavy atom. The van der Waals surface area contributed by atoms with E-state index in [9.17, 15) is 8.42 Å². The molecular formula is C10H13ClN2O3S. The SMILES string of the molecule is CC1(NS(=O)(=O)c2ccc(Cl)nc2)CCOC1. The highest BCUT2D eigenvalue weighted by molar-refractivity contribution is 7.89. The molecule has 17 heavy (non-hydrogen) atoms. The van der Waals surface area contributed by atoms with Crippen molar-refractivity contribution >= 4 is 21.6 Å². The van der Waals surface area contributed by atoms with Gasteiger partial charge in [-0.05, 0) is 25.5 Å². The van der Waals surface area contributed by atoms with Crippen LogP contribution in [0, 0.1) is 0 Å². The molecule has 1 aromatic rings. The Kier molecular flexibility index (Phi) is 3.40. The molecule has 1 fully saturated rings. The van der Waals surface area contributed by atoms with Crippen LogP contribution >= 0.6 is 11.6 Å². The minimum absolute atomic E-state index is 0.107. The van der Waals surface area contributed by atoms with Gasteiger partial charge in [0.05, 0.1) is 12.1 Å². The normalized spacial score (nSPS) is 25.1. The number of hydrogen-bond donors (Lipinski definition) is 1. The zero-order chi connectivity index (χ0) is 12.5. The number of halogens is 1. The first-order chi connectivity index (χ1) is 7.91. The van der Waals surface area contributed by atoms with Crippen LogP contribution in [-0.4, -0.2) is 32.2 Å². The maximum Gasteiger partial charge on any atom is 0.242 e. The Hall–Kier alpha value is -0.690. The lowest BCUT2D eigenvalue weighted by Gasteiger charge is -2.23. The molecule has 94 valence electrons. The summed E-state index contributed by atoms with van der Waals surface area (Å²) in [6.07, 6.45) is 1.90. The summed E-state index contributed by atoms with van der Waals surface area (Å²) in [6, 6.07) is 2.88. The van der Waals surface area contributed by atoms with Crippen molar-refractivity contribution in [2.75, 3.05) is 13.2 Å². The van der Waals surface area contributed by atoms with Gasteiger partial charge < -0.3 is 4.74 Å². The molecule has 0 saturated carbocycles. The van der Waals surface area contributed by atoms with Crippen molar-refractivity contribution in [1.82, 2.24) is 9.71 Å². The highest BCUT2D eigenvalue weighted by Crippen LogP contribution is 2.21. The summed E-state index contributed by atoms with van der Waals surface area (Å²) in [7, 11) is -3.57. The van der Waals surface area contributed by atoms with E-state index in [0.29, 0.717) is 19.6 Å². The van der Waals surface area contributed by atoms with E-state index in [1.54, 1.807) is 0 Å². The molecule has 2 rings (SSSR count). The van der Waals surface area contributed by atoms with Crippen LogP contribution in [0.4, 0.5) is 0 Å². The zero-order valence-corrected chi connectivity index (χ0v) is 10.9. The van der Waals surface area contributed by atoms with Crippen LogP contribution in [0.2, 0.25) is 5.15 Å². The predicted octanol–water partition coefficient (Wildman–Crippen LogP) is 1.19. The van der Waals surface area contributed by atoms with Crippen molar-refractivity contribution in [2.45, 2.75) is 23.8 Å². The van der Waals surface area contributed by atoms with Gasteiger partial charge in [0.1, 0.15) is 10.0 Å². The lowest BCUT2D eigenvalue weighted by atomic mass is 10.0. The second kappa shape index (κ2) is 4.53. The first-order valence-corrected chi connectivity index (χ1v) is 7.01. The number of pyridine rings is 1. The zero-order valence-electron chi connectivity index (χ0n) is 9.31. The molecular weight excluding hydrogens is 264 g/mol. The molecule has 7 heteroatoms. The molecule has 0 amide bonds. The van der Waals surface area contributed by atoms with E-state index < -0.39 is 15.6 Å². The topological polar surface area (TPSA) is 68.3 Å². The number of nitrogens with zero attached hydrogens (tertiary/aromatic N) is 1. The fourth-order valence-corrected chi connectivity index (χ4v) is 3.13. The Morgan fingerprint density at radius 2 is 2.29 bits per heavy atom. The van der Waals surface area contributed by atoms with Gasteiger partial charge in [-0.25, -0.2) is 18.1 Å².